The number of fused-ring (bicyclic) bond motifs is 1. The number of amides is 1. The third-order valence-corrected chi connectivity index (χ3v) is 6.42. The van der Waals surface area contributed by atoms with E-state index in [0.717, 1.165) is 10.1 Å². The van der Waals surface area contributed by atoms with E-state index in [2.05, 4.69) is 4.98 Å². The van der Waals surface area contributed by atoms with E-state index in [1.807, 2.05) is 35.2 Å². The van der Waals surface area contributed by atoms with Gasteiger partial charge in [0.1, 0.15) is 10.9 Å². The van der Waals surface area contributed by atoms with Crippen LogP contribution in [0.15, 0.2) is 57.6 Å². The number of rotatable bonds is 5. The zero-order valence-corrected chi connectivity index (χ0v) is 18.2. The number of nitriles is 1. The Hall–Kier alpha value is -4.10. The summed E-state index contributed by atoms with van der Waals surface area (Å²) in [6.07, 6.45) is 1.50. The highest BCUT2D eigenvalue weighted by atomic mass is 32.1. The number of nitrogens with zero attached hydrogens (tertiary/aromatic N) is 4. The molecular formula is C23H18N4O5S. The standard InChI is InChI=1S/C23H18N4O5S/c24-13-16-22(32-21(25-16)17-5-3-11-30-17)27-9-7-26(8-10-27)20(28)14-31-23(29)19-12-15-4-1-2-6-18(15)33-19/h1-6,11-12H,7-10,14H2. The maximum atomic E-state index is 12.6. The molecule has 9 nitrogen and oxygen atoms in total. The molecule has 166 valence electrons. The smallest absolute Gasteiger partial charge is 0.348 e. The van der Waals surface area contributed by atoms with Crippen LogP contribution >= 0.6 is 11.3 Å². The van der Waals surface area contributed by atoms with Crippen molar-refractivity contribution in [3.63, 3.8) is 0 Å². The van der Waals surface area contributed by atoms with Crippen LogP contribution < -0.4 is 4.90 Å². The number of furan rings is 1. The van der Waals surface area contributed by atoms with Crippen molar-refractivity contribution < 1.29 is 23.2 Å². The summed E-state index contributed by atoms with van der Waals surface area (Å²) in [5.41, 5.74) is 0.165. The third kappa shape index (κ3) is 4.18. The minimum absolute atomic E-state index is 0.165. The van der Waals surface area contributed by atoms with Gasteiger partial charge in [-0.1, -0.05) is 18.2 Å². The zero-order chi connectivity index (χ0) is 22.8. The van der Waals surface area contributed by atoms with Crippen LogP contribution in [-0.4, -0.2) is 54.5 Å². The van der Waals surface area contributed by atoms with Gasteiger partial charge in [0.15, 0.2) is 12.4 Å². The number of benzene rings is 1. The number of esters is 1. The van der Waals surface area contributed by atoms with E-state index in [1.165, 1.54) is 17.6 Å². The Morgan fingerprint density at radius 1 is 1.15 bits per heavy atom. The van der Waals surface area contributed by atoms with E-state index in [4.69, 9.17) is 13.6 Å². The van der Waals surface area contributed by atoms with Gasteiger partial charge in [-0.2, -0.15) is 10.2 Å². The van der Waals surface area contributed by atoms with Gasteiger partial charge in [-0.05, 0) is 29.7 Å². The van der Waals surface area contributed by atoms with Gasteiger partial charge in [0.25, 0.3) is 11.8 Å². The van der Waals surface area contributed by atoms with Gasteiger partial charge in [-0.25, -0.2) is 4.79 Å². The van der Waals surface area contributed by atoms with Crippen LogP contribution in [-0.2, 0) is 9.53 Å². The first-order chi connectivity index (χ1) is 16.1. The molecule has 5 rings (SSSR count). The van der Waals surface area contributed by atoms with Gasteiger partial charge in [-0.15, -0.1) is 11.3 Å². The molecule has 0 radical (unpaired) electrons. The summed E-state index contributed by atoms with van der Waals surface area (Å²) in [6, 6.07) is 14.9. The topological polar surface area (TPSA) is 113 Å². The van der Waals surface area contributed by atoms with E-state index < -0.39 is 5.97 Å². The largest absolute Gasteiger partial charge is 0.459 e. The fourth-order valence-corrected chi connectivity index (χ4v) is 4.59. The molecule has 0 saturated carbocycles. The average Bonchev–Trinajstić information content (AvgIpc) is 3.61. The molecule has 1 aliphatic rings. The second kappa shape index (κ2) is 8.80. The van der Waals surface area contributed by atoms with E-state index in [-0.39, 0.29) is 24.1 Å². The number of ether oxygens (including phenoxy) is 1. The summed E-state index contributed by atoms with van der Waals surface area (Å²) in [5.74, 6) is 0.254. The summed E-state index contributed by atoms with van der Waals surface area (Å²) >= 11 is 1.34. The van der Waals surface area contributed by atoms with Gasteiger partial charge in [0.2, 0.25) is 11.6 Å². The molecule has 4 aromatic rings. The van der Waals surface area contributed by atoms with Crippen LogP contribution in [0, 0.1) is 11.3 Å². The van der Waals surface area contributed by atoms with Crippen molar-refractivity contribution in [2.75, 3.05) is 37.7 Å². The molecule has 0 spiro atoms. The fourth-order valence-electron chi connectivity index (χ4n) is 3.64. The average molecular weight is 462 g/mol. The SMILES string of the molecule is N#Cc1nc(-c2ccco2)oc1N1CCN(C(=O)COC(=O)c2cc3ccccc3s2)CC1. The number of oxazole rings is 1. The molecule has 10 heteroatoms. The Morgan fingerprint density at radius 2 is 1.97 bits per heavy atom. The van der Waals surface area contributed by atoms with Crippen LogP contribution in [0.4, 0.5) is 5.88 Å². The van der Waals surface area contributed by atoms with Crippen molar-refractivity contribution in [1.82, 2.24) is 9.88 Å². The van der Waals surface area contributed by atoms with Crippen LogP contribution in [0.3, 0.4) is 0 Å². The lowest BCUT2D eigenvalue weighted by Gasteiger charge is -2.34. The van der Waals surface area contributed by atoms with Crippen molar-refractivity contribution in [2.45, 2.75) is 0 Å². The molecular weight excluding hydrogens is 444 g/mol. The number of carbonyl (C=O) groups is 2. The molecule has 0 N–H and O–H groups in total. The summed E-state index contributed by atoms with van der Waals surface area (Å²) in [5, 5.41) is 10.4. The zero-order valence-electron chi connectivity index (χ0n) is 17.4. The Bertz CT molecular complexity index is 1310. The molecule has 1 amide bonds. The molecule has 3 aromatic heterocycles. The molecule has 0 bridgehead atoms. The predicted octanol–water partition coefficient (Wildman–Crippen LogP) is 3.53. The van der Waals surface area contributed by atoms with Crippen LogP contribution in [0.2, 0.25) is 0 Å². The van der Waals surface area contributed by atoms with Crippen molar-refractivity contribution in [3.8, 4) is 17.7 Å². The second-order valence-electron chi connectivity index (χ2n) is 7.35. The highest BCUT2D eigenvalue weighted by Crippen LogP contribution is 2.29. The first kappa shape index (κ1) is 20.8. The van der Waals surface area contributed by atoms with Crippen LogP contribution in [0.1, 0.15) is 15.4 Å². The number of aromatic nitrogens is 1. The number of carbonyl (C=O) groups excluding carboxylic acids is 2. The predicted molar refractivity (Wildman–Crippen MR) is 120 cm³/mol. The summed E-state index contributed by atoms with van der Waals surface area (Å²) in [7, 11) is 0. The van der Waals surface area contributed by atoms with Crippen LogP contribution in [0.25, 0.3) is 21.7 Å². The van der Waals surface area contributed by atoms with Crippen molar-refractivity contribution in [1.29, 1.82) is 5.26 Å². The number of anilines is 1. The normalized spacial score (nSPS) is 13.8. The van der Waals surface area contributed by atoms with Crippen molar-refractivity contribution in [3.05, 3.63) is 59.3 Å². The number of hydrogen-bond acceptors (Lipinski definition) is 9. The maximum absolute atomic E-state index is 12.6. The van der Waals surface area contributed by atoms with Crippen LogP contribution in [0.5, 0.6) is 0 Å². The van der Waals surface area contributed by atoms with Crippen molar-refractivity contribution in [2.24, 2.45) is 0 Å². The van der Waals surface area contributed by atoms with Gasteiger partial charge < -0.3 is 23.4 Å². The van der Waals surface area contributed by atoms with Crippen molar-refractivity contribution >= 4 is 39.2 Å². The minimum Gasteiger partial charge on any atom is -0.459 e. The minimum atomic E-state index is -0.506. The van der Waals surface area contributed by atoms with E-state index in [1.54, 1.807) is 23.1 Å². The summed E-state index contributed by atoms with van der Waals surface area (Å²) < 4.78 is 17.3. The molecule has 4 heterocycles. The first-order valence-corrected chi connectivity index (χ1v) is 11.1. The molecule has 1 fully saturated rings. The lowest BCUT2D eigenvalue weighted by Crippen LogP contribution is -2.50. The Kier molecular flexibility index (Phi) is 5.54. The second-order valence-corrected chi connectivity index (χ2v) is 8.44. The highest BCUT2D eigenvalue weighted by Gasteiger charge is 2.27. The van der Waals surface area contributed by atoms with E-state index >= 15 is 0 Å². The number of piperazine rings is 1. The third-order valence-electron chi connectivity index (χ3n) is 5.32. The molecule has 0 aliphatic carbocycles. The van der Waals surface area contributed by atoms with Gasteiger partial charge >= 0.3 is 5.97 Å². The Morgan fingerprint density at radius 3 is 2.70 bits per heavy atom. The summed E-state index contributed by atoms with van der Waals surface area (Å²) in [4.78, 5) is 33.1. The maximum Gasteiger partial charge on any atom is 0.348 e. The Labute approximate surface area is 192 Å². The molecule has 0 unspecified atom stereocenters. The fraction of sp³-hybridized carbons (Fsp3) is 0.217. The lowest BCUT2D eigenvalue weighted by molar-refractivity contribution is -0.134. The molecule has 0 atom stereocenters. The van der Waals surface area contributed by atoms with E-state index in [9.17, 15) is 14.9 Å². The monoisotopic (exact) mass is 462 g/mol. The van der Waals surface area contributed by atoms with Gasteiger partial charge in [-0.3, -0.25) is 4.79 Å². The number of thiophene rings is 1. The molecule has 33 heavy (non-hydrogen) atoms. The lowest BCUT2D eigenvalue weighted by atomic mass is 10.2. The first-order valence-electron chi connectivity index (χ1n) is 10.3. The summed E-state index contributed by atoms with van der Waals surface area (Å²) in [6.45, 7) is 1.40. The van der Waals surface area contributed by atoms with E-state index in [0.29, 0.717) is 42.7 Å². The molecule has 1 aromatic carbocycles. The number of hydrogen-bond donors (Lipinski definition) is 0. The Balaban J connectivity index is 1.17. The van der Waals surface area contributed by atoms with Gasteiger partial charge in [0.05, 0.1) is 6.26 Å². The van der Waals surface area contributed by atoms with Gasteiger partial charge in [0, 0.05) is 30.9 Å². The molecule has 1 saturated heterocycles. The quantitative estimate of drug-likeness (QED) is 0.414. The molecule has 1 aliphatic heterocycles. The highest BCUT2D eigenvalue weighted by molar-refractivity contribution is 7.20.